The Hall–Kier alpha value is -3.32. The smallest absolute Gasteiger partial charge is 0.230 e. The largest absolute Gasteiger partial charge is 0.493 e. The second kappa shape index (κ2) is 8.20. The van der Waals surface area contributed by atoms with E-state index in [1.54, 1.807) is 7.11 Å². The average Bonchev–Trinajstić information content (AvgIpc) is 3.01. The minimum atomic E-state index is 0.474. The molecule has 0 unspecified atom stereocenters. The molecule has 7 nitrogen and oxygen atoms in total. The van der Waals surface area contributed by atoms with E-state index in [1.807, 2.05) is 44.4 Å². The third-order valence-electron chi connectivity index (χ3n) is 5.17. The summed E-state index contributed by atoms with van der Waals surface area (Å²) in [5.41, 5.74) is 4.19. The van der Waals surface area contributed by atoms with E-state index in [2.05, 4.69) is 33.7 Å². The SMILES string of the molecule is COc1cc2c(Oc3ccc4[nH]c(C)c(C)c4c3)ncnc2cc1OCCN(C)C. The van der Waals surface area contributed by atoms with E-state index in [0.717, 1.165) is 39.8 Å². The van der Waals surface area contributed by atoms with Gasteiger partial charge < -0.3 is 24.1 Å². The van der Waals surface area contributed by atoms with Gasteiger partial charge in [-0.15, -0.1) is 0 Å². The highest BCUT2D eigenvalue weighted by Gasteiger charge is 2.14. The van der Waals surface area contributed by atoms with Crippen LogP contribution in [0, 0.1) is 13.8 Å². The van der Waals surface area contributed by atoms with Gasteiger partial charge in [0, 0.05) is 29.2 Å². The predicted molar refractivity (Wildman–Crippen MR) is 118 cm³/mol. The number of aryl methyl sites for hydroxylation is 2. The maximum Gasteiger partial charge on any atom is 0.230 e. The van der Waals surface area contributed by atoms with Crippen molar-refractivity contribution in [2.45, 2.75) is 13.8 Å². The molecule has 2 heterocycles. The number of hydrogen-bond donors (Lipinski definition) is 1. The van der Waals surface area contributed by atoms with Gasteiger partial charge in [-0.25, -0.2) is 9.97 Å². The van der Waals surface area contributed by atoms with Crippen LogP contribution in [0.4, 0.5) is 0 Å². The number of aromatic amines is 1. The molecule has 4 rings (SSSR count). The molecule has 0 amide bonds. The molecule has 0 saturated carbocycles. The molecule has 156 valence electrons. The summed E-state index contributed by atoms with van der Waals surface area (Å²) < 4.78 is 17.6. The second-order valence-electron chi connectivity index (χ2n) is 7.54. The number of aromatic nitrogens is 3. The van der Waals surface area contributed by atoms with E-state index < -0.39 is 0 Å². The maximum absolute atomic E-state index is 6.15. The van der Waals surface area contributed by atoms with Crippen molar-refractivity contribution in [3.05, 3.63) is 47.9 Å². The van der Waals surface area contributed by atoms with Crippen LogP contribution in [0.5, 0.6) is 23.1 Å². The van der Waals surface area contributed by atoms with E-state index in [9.17, 15) is 0 Å². The third kappa shape index (κ3) is 3.89. The summed E-state index contributed by atoms with van der Waals surface area (Å²) >= 11 is 0. The molecular weight excluding hydrogens is 380 g/mol. The van der Waals surface area contributed by atoms with Crippen LogP contribution in [-0.2, 0) is 0 Å². The molecule has 0 spiro atoms. The minimum Gasteiger partial charge on any atom is -0.493 e. The van der Waals surface area contributed by atoms with Gasteiger partial charge in [-0.3, -0.25) is 0 Å². The molecule has 30 heavy (non-hydrogen) atoms. The topological polar surface area (TPSA) is 72.5 Å². The molecule has 0 aliphatic heterocycles. The van der Waals surface area contributed by atoms with Gasteiger partial charge >= 0.3 is 0 Å². The number of ether oxygens (including phenoxy) is 3. The predicted octanol–water partition coefficient (Wildman–Crippen LogP) is 4.47. The van der Waals surface area contributed by atoms with Gasteiger partial charge in [0.2, 0.25) is 5.88 Å². The summed E-state index contributed by atoms with van der Waals surface area (Å²) in [6.45, 7) is 5.53. The number of hydrogen-bond acceptors (Lipinski definition) is 6. The number of benzene rings is 2. The number of methoxy groups -OCH3 is 1. The number of nitrogens with one attached hydrogen (secondary N) is 1. The van der Waals surface area contributed by atoms with E-state index in [-0.39, 0.29) is 0 Å². The van der Waals surface area contributed by atoms with Crippen molar-refractivity contribution in [3.8, 4) is 23.1 Å². The van der Waals surface area contributed by atoms with Gasteiger partial charge in [0.25, 0.3) is 0 Å². The molecule has 0 fully saturated rings. The van der Waals surface area contributed by atoms with Crippen LogP contribution in [-0.4, -0.2) is 54.2 Å². The summed E-state index contributed by atoms with van der Waals surface area (Å²) in [7, 11) is 5.63. The van der Waals surface area contributed by atoms with E-state index in [4.69, 9.17) is 14.2 Å². The Kier molecular flexibility index (Phi) is 5.46. The lowest BCUT2D eigenvalue weighted by molar-refractivity contribution is 0.251. The normalized spacial score (nSPS) is 11.4. The van der Waals surface area contributed by atoms with Crippen LogP contribution in [0.15, 0.2) is 36.7 Å². The summed E-state index contributed by atoms with van der Waals surface area (Å²) in [6, 6.07) is 9.70. The fourth-order valence-corrected chi connectivity index (χ4v) is 3.35. The monoisotopic (exact) mass is 406 g/mol. The van der Waals surface area contributed by atoms with Crippen LogP contribution in [0.1, 0.15) is 11.3 Å². The summed E-state index contributed by atoms with van der Waals surface area (Å²) in [4.78, 5) is 14.2. The number of nitrogens with zero attached hydrogens (tertiary/aromatic N) is 3. The Labute approximate surface area is 175 Å². The van der Waals surface area contributed by atoms with Crippen LogP contribution < -0.4 is 14.2 Å². The summed E-state index contributed by atoms with van der Waals surface area (Å²) in [5.74, 6) is 2.46. The van der Waals surface area contributed by atoms with Gasteiger partial charge in [0.15, 0.2) is 11.5 Å². The first kappa shape index (κ1) is 20.0. The zero-order chi connectivity index (χ0) is 21.3. The molecule has 0 saturated heterocycles. The molecule has 2 aromatic heterocycles. The Morgan fingerprint density at radius 1 is 1.00 bits per heavy atom. The van der Waals surface area contributed by atoms with Crippen molar-refractivity contribution in [1.29, 1.82) is 0 Å². The van der Waals surface area contributed by atoms with Gasteiger partial charge in [-0.05, 0) is 57.8 Å². The van der Waals surface area contributed by atoms with Gasteiger partial charge in [-0.2, -0.15) is 0 Å². The number of rotatable bonds is 7. The Balaban J connectivity index is 1.68. The highest BCUT2D eigenvalue weighted by molar-refractivity contribution is 5.88. The molecule has 4 aromatic rings. The average molecular weight is 406 g/mol. The molecular formula is C23H26N4O3. The lowest BCUT2D eigenvalue weighted by Crippen LogP contribution is -2.19. The Bertz CT molecular complexity index is 1200. The van der Waals surface area contributed by atoms with Crippen LogP contribution in [0.25, 0.3) is 21.8 Å². The van der Waals surface area contributed by atoms with Crippen molar-refractivity contribution < 1.29 is 14.2 Å². The summed E-state index contributed by atoms with van der Waals surface area (Å²) in [5, 5.41) is 1.90. The van der Waals surface area contributed by atoms with Crippen molar-refractivity contribution in [2.24, 2.45) is 0 Å². The molecule has 7 heteroatoms. The number of H-pyrrole nitrogens is 1. The molecule has 0 radical (unpaired) electrons. The van der Waals surface area contributed by atoms with Crippen molar-refractivity contribution in [1.82, 2.24) is 19.9 Å². The molecule has 0 aliphatic carbocycles. The van der Waals surface area contributed by atoms with E-state index in [0.29, 0.717) is 24.0 Å². The lowest BCUT2D eigenvalue weighted by Gasteiger charge is -2.15. The van der Waals surface area contributed by atoms with Crippen molar-refractivity contribution in [2.75, 3.05) is 34.4 Å². The molecule has 2 aromatic carbocycles. The van der Waals surface area contributed by atoms with Crippen LogP contribution in [0.2, 0.25) is 0 Å². The van der Waals surface area contributed by atoms with Crippen LogP contribution >= 0.6 is 0 Å². The molecule has 0 aliphatic rings. The Morgan fingerprint density at radius 2 is 1.83 bits per heavy atom. The number of likely N-dealkylation sites (N-methyl/N-ethyl adjacent to an activating group) is 1. The minimum absolute atomic E-state index is 0.474. The first-order valence-corrected chi connectivity index (χ1v) is 9.83. The van der Waals surface area contributed by atoms with E-state index >= 15 is 0 Å². The first-order chi connectivity index (χ1) is 14.5. The fraction of sp³-hybridized carbons (Fsp3) is 0.304. The molecule has 0 bridgehead atoms. The third-order valence-corrected chi connectivity index (χ3v) is 5.17. The highest BCUT2D eigenvalue weighted by atomic mass is 16.5. The van der Waals surface area contributed by atoms with Crippen molar-refractivity contribution >= 4 is 21.8 Å². The fourth-order valence-electron chi connectivity index (χ4n) is 3.35. The van der Waals surface area contributed by atoms with Gasteiger partial charge in [-0.1, -0.05) is 0 Å². The maximum atomic E-state index is 6.15. The first-order valence-electron chi connectivity index (χ1n) is 9.83. The zero-order valence-electron chi connectivity index (χ0n) is 17.9. The van der Waals surface area contributed by atoms with Crippen molar-refractivity contribution in [3.63, 3.8) is 0 Å². The lowest BCUT2D eigenvalue weighted by atomic mass is 10.1. The van der Waals surface area contributed by atoms with Gasteiger partial charge in [0.05, 0.1) is 18.0 Å². The quantitative estimate of drug-likeness (QED) is 0.488. The molecule has 0 atom stereocenters. The standard InChI is InChI=1S/C23H26N4O3/c1-14-15(2)26-19-7-6-16(10-17(14)19)30-23-18-11-21(28-5)22(29-9-8-27(3)4)12-20(18)24-13-25-23/h6-7,10-13,26H,8-9H2,1-5H3. The summed E-state index contributed by atoms with van der Waals surface area (Å²) in [6.07, 6.45) is 1.50. The highest BCUT2D eigenvalue weighted by Crippen LogP contribution is 2.36. The second-order valence-corrected chi connectivity index (χ2v) is 7.54. The number of fused-ring (bicyclic) bond motifs is 2. The van der Waals surface area contributed by atoms with E-state index in [1.165, 1.54) is 11.9 Å². The van der Waals surface area contributed by atoms with Crippen LogP contribution in [0.3, 0.4) is 0 Å². The zero-order valence-corrected chi connectivity index (χ0v) is 17.9. The molecule has 1 N–H and O–H groups in total. The Morgan fingerprint density at radius 3 is 2.60 bits per heavy atom. The van der Waals surface area contributed by atoms with Gasteiger partial charge in [0.1, 0.15) is 18.7 Å².